The van der Waals surface area contributed by atoms with Gasteiger partial charge in [-0.05, 0) is 36.8 Å². The van der Waals surface area contributed by atoms with Crippen molar-refractivity contribution in [3.8, 4) is 11.5 Å². The number of anilines is 6. The lowest BCUT2D eigenvalue weighted by atomic mass is 10.1. The summed E-state index contributed by atoms with van der Waals surface area (Å²) in [6.07, 6.45) is -5.67. The number of morpholine rings is 1. The second-order valence-electron chi connectivity index (χ2n) is 10.6. The third-order valence-electron chi connectivity index (χ3n) is 7.60. The summed E-state index contributed by atoms with van der Waals surface area (Å²) in [4.78, 5) is 12.7. The Kier molecular flexibility index (Phi) is 9.73. The van der Waals surface area contributed by atoms with Gasteiger partial charge in [-0.3, -0.25) is 4.90 Å². The number of aliphatic hydroxyl groups is 1. The smallest absolute Gasteiger partial charge is 0.415 e. The first-order chi connectivity index (χ1) is 21.0. The average Bonchev–Trinajstić information content (AvgIpc) is 3.16. The number of benzene rings is 2. The van der Waals surface area contributed by atoms with Crippen molar-refractivity contribution in [2.24, 2.45) is 0 Å². The zero-order valence-electron chi connectivity index (χ0n) is 24.5. The quantitative estimate of drug-likeness (QED) is 0.254. The van der Waals surface area contributed by atoms with Crippen LogP contribution in [-0.4, -0.2) is 91.9 Å². The molecule has 44 heavy (non-hydrogen) atoms. The molecule has 2 aliphatic rings. The number of hydrogen-bond acceptors (Lipinski definition) is 11. The summed E-state index contributed by atoms with van der Waals surface area (Å²) in [5.41, 5.74) is 3.65. The Balaban J connectivity index is 1.35. The van der Waals surface area contributed by atoms with Crippen LogP contribution in [0.3, 0.4) is 0 Å². The summed E-state index contributed by atoms with van der Waals surface area (Å²) >= 11 is 6.45. The summed E-state index contributed by atoms with van der Waals surface area (Å²) in [5, 5.41) is 19.6. The molecule has 1 aromatic heterocycles. The summed E-state index contributed by atoms with van der Waals surface area (Å²) in [6.45, 7) is 4.76. The van der Waals surface area contributed by atoms with Gasteiger partial charge in [-0.15, -0.1) is 0 Å². The number of alkyl halides is 3. The molecule has 0 spiro atoms. The predicted molar refractivity (Wildman–Crippen MR) is 163 cm³/mol. The maximum Gasteiger partial charge on any atom is 0.415 e. The molecule has 0 saturated carbocycles. The number of halogens is 4. The van der Waals surface area contributed by atoms with Crippen LogP contribution in [0.15, 0.2) is 36.5 Å². The predicted octanol–water partition coefficient (Wildman–Crippen LogP) is 5.01. The fraction of sp³-hybridized carbons (Fsp3) is 0.448. The number of nitrogens with zero attached hydrogens (tertiary/aromatic N) is 4. The standard InChI is InChI=1S/C29H35ClF3N7O4/c1-17-13-34-22-12-23(24(42-2)10-18(22)15-40(17)16-26(41)29(31,32)33)37-28-35-14-20(30)27(38-28)36-21-5-4-19(11-25(21)43-3)39-6-8-44-9-7-39/h4-5,10-12,14,17,26,34,41H,6-9,13,15-16H2,1-3H3,(H2,35,36,37,38)/t17?,26-/m1/s1. The van der Waals surface area contributed by atoms with Crippen LogP contribution in [0.2, 0.25) is 5.02 Å². The van der Waals surface area contributed by atoms with Crippen LogP contribution in [0.1, 0.15) is 12.5 Å². The van der Waals surface area contributed by atoms with Crippen molar-refractivity contribution >= 4 is 46.1 Å². The van der Waals surface area contributed by atoms with Gasteiger partial charge in [0.2, 0.25) is 5.95 Å². The second kappa shape index (κ2) is 13.5. The van der Waals surface area contributed by atoms with E-state index in [2.05, 4.69) is 30.8 Å². The molecular weight excluding hydrogens is 603 g/mol. The van der Waals surface area contributed by atoms with Crippen molar-refractivity contribution in [1.82, 2.24) is 14.9 Å². The molecule has 3 aromatic rings. The average molecular weight is 638 g/mol. The minimum Gasteiger partial charge on any atom is -0.495 e. The summed E-state index contributed by atoms with van der Waals surface area (Å²) in [6, 6.07) is 9.10. The van der Waals surface area contributed by atoms with E-state index in [9.17, 15) is 18.3 Å². The number of ether oxygens (including phenoxy) is 3. The molecule has 0 aliphatic carbocycles. The Hall–Kier alpha value is -3.72. The molecule has 238 valence electrons. The fourth-order valence-corrected chi connectivity index (χ4v) is 5.22. The molecule has 11 nitrogen and oxygen atoms in total. The second-order valence-corrected chi connectivity index (χ2v) is 11.0. The number of fused-ring (bicyclic) bond motifs is 1. The van der Waals surface area contributed by atoms with Crippen LogP contribution in [0.5, 0.6) is 11.5 Å². The fourth-order valence-electron chi connectivity index (χ4n) is 5.08. The molecule has 0 amide bonds. The molecule has 3 heterocycles. The third-order valence-corrected chi connectivity index (χ3v) is 7.88. The van der Waals surface area contributed by atoms with Gasteiger partial charge in [0.05, 0.1) is 45.0 Å². The van der Waals surface area contributed by atoms with Crippen molar-refractivity contribution < 1.29 is 32.5 Å². The normalized spacial score (nSPS) is 18.1. The molecular formula is C29H35ClF3N7O4. The molecule has 5 rings (SSSR count). The van der Waals surface area contributed by atoms with Crippen molar-refractivity contribution in [3.63, 3.8) is 0 Å². The van der Waals surface area contributed by atoms with Crippen molar-refractivity contribution in [1.29, 1.82) is 0 Å². The van der Waals surface area contributed by atoms with Gasteiger partial charge in [0.25, 0.3) is 0 Å². The molecule has 15 heteroatoms. The van der Waals surface area contributed by atoms with Crippen molar-refractivity contribution in [2.45, 2.75) is 31.8 Å². The maximum absolute atomic E-state index is 13.1. The van der Waals surface area contributed by atoms with E-state index in [0.29, 0.717) is 59.2 Å². The zero-order valence-corrected chi connectivity index (χ0v) is 25.3. The number of rotatable bonds is 9. The Labute approximate surface area is 258 Å². The van der Waals surface area contributed by atoms with Crippen molar-refractivity contribution in [3.05, 3.63) is 47.1 Å². The topological polar surface area (TPSA) is 116 Å². The van der Waals surface area contributed by atoms with Gasteiger partial charge in [-0.1, -0.05) is 11.6 Å². The molecule has 2 aromatic carbocycles. The Morgan fingerprint density at radius 3 is 2.55 bits per heavy atom. The highest BCUT2D eigenvalue weighted by Gasteiger charge is 2.40. The molecule has 0 bridgehead atoms. The van der Waals surface area contributed by atoms with Gasteiger partial charge in [-0.2, -0.15) is 18.2 Å². The van der Waals surface area contributed by atoms with E-state index in [-0.39, 0.29) is 18.5 Å². The molecule has 1 unspecified atom stereocenters. The SMILES string of the molecule is COc1cc2c(cc1Nc1ncc(Cl)c(Nc3ccc(N4CCOCC4)cc3OC)n1)NCC(C)N(C[C@@H](O)C(F)(F)F)C2. The van der Waals surface area contributed by atoms with E-state index in [0.717, 1.165) is 24.3 Å². The number of hydrogen-bond donors (Lipinski definition) is 4. The van der Waals surface area contributed by atoms with E-state index in [1.807, 2.05) is 18.2 Å². The highest BCUT2D eigenvalue weighted by Crippen LogP contribution is 2.37. The highest BCUT2D eigenvalue weighted by atomic mass is 35.5. The van der Waals surface area contributed by atoms with Crippen LogP contribution in [0, 0.1) is 0 Å². The lowest BCUT2D eigenvalue weighted by molar-refractivity contribution is -0.209. The van der Waals surface area contributed by atoms with Crippen LogP contribution < -0.4 is 30.3 Å². The van der Waals surface area contributed by atoms with Crippen LogP contribution in [0.4, 0.5) is 47.7 Å². The van der Waals surface area contributed by atoms with Crippen LogP contribution in [-0.2, 0) is 11.3 Å². The van der Waals surface area contributed by atoms with E-state index >= 15 is 0 Å². The molecule has 0 radical (unpaired) electrons. The number of methoxy groups -OCH3 is 2. The monoisotopic (exact) mass is 637 g/mol. The highest BCUT2D eigenvalue weighted by molar-refractivity contribution is 6.33. The van der Waals surface area contributed by atoms with Gasteiger partial charge in [0, 0.05) is 56.2 Å². The first-order valence-electron chi connectivity index (χ1n) is 14.1. The van der Waals surface area contributed by atoms with Gasteiger partial charge in [-0.25, -0.2) is 4.98 Å². The van der Waals surface area contributed by atoms with E-state index in [1.54, 1.807) is 31.1 Å². The first-order valence-corrected chi connectivity index (χ1v) is 14.4. The van der Waals surface area contributed by atoms with Crippen LogP contribution >= 0.6 is 11.6 Å². The van der Waals surface area contributed by atoms with Gasteiger partial charge in [0.15, 0.2) is 11.9 Å². The number of nitrogens with one attached hydrogen (secondary N) is 3. The van der Waals surface area contributed by atoms with E-state index in [1.165, 1.54) is 13.3 Å². The Morgan fingerprint density at radius 2 is 1.84 bits per heavy atom. The summed E-state index contributed by atoms with van der Waals surface area (Å²) in [5.74, 6) is 1.63. The molecule has 1 fully saturated rings. The van der Waals surface area contributed by atoms with Crippen LogP contribution in [0.25, 0.3) is 0 Å². The molecule has 2 atom stereocenters. The van der Waals surface area contributed by atoms with E-state index < -0.39 is 18.8 Å². The Bertz CT molecular complexity index is 1460. The van der Waals surface area contributed by atoms with Crippen molar-refractivity contribution in [2.75, 3.05) is 74.5 Å². The summed E-state index contributed by atoms with van der Waals surface area (Å²) in [7, 11) is 3.09. The van der Waals surface area contributed by atoms with Gasteiger partial charge >= 0.3 is 6.18 Å². The first kappa shape index (κ1) is 31.7. The van der Waals surface area contributed by atoms with Gasteiger partial charge in [0.1, 0.15) is 16.5 Å². The lowest BCUT2D eigenvalue weighted by Gasteiger charge is -2.29. The molecule has 4 N–H and O–H groups in total. The van der Waals surface area contributed by atoms with E-state index in [4.69, 9.17) is 25.8 Å². The van der Waals surface area contributed by atoms with Gasteiger partial charge < -0.3 is 40.2 Å². The largest absolute Gasteiger partial charge is 0.495 e. The lowest BCUT2D eigenvalue weighted by Crippen LogP contribution is -2.45. The molecule has 1 saturated heterocycles. The third kappa shape index (κ3) is 7.32. The number of aliphatic hydroxyl groups excluding tert-OH is 1. The minimum absolute atomic E-state index is 0.185. The number of β-amino-alcohol motifs (C(OH)–C–C–N with tert-alkyl or cyclic N) is 1. The Morgan fingerprint density at radius 1 is 1.11 bits per heavy atom. The zero-order chi connectivity index (χ0) is 31.4. The number of aromatic nitrogens is 2. The minimum atomic E-state index is -4.70. The maximum atomic E-state index is 13.1. The summed E-state index contributed by atoms with van der Waals surface area (Å²) < 4.78 is 55.8. The molecule has 2 aliphatic heterocycles.